The third kappa shape index (κ3) is 5.85. The first kappa shape index (κ1) is 15.7. The Bertz CT molecular complexity index is 340. The predicted molar refractivity (Wildman–Crippen MR) is 74.0 cm³/mol. The van der Waals surface area contributed by atoms with E-state index in [1.807, 2.05) is 0 Å². The van der Waals surface area contributed by atoms with Crippen molar-refractivity contribution >= 4 is 17.6 Å². The smallest absolute Gasteiger partial charge is 0.352 e. The third-order valence-corrected chi connectivity index (χ3v) is 3.33. The molecule has 0 radical (unpaired) electrons. The lowest BCUT2D eigenvalue weighted by Gasteiger charge is -2.21. The number of amides is 1. The summed E-state index contributed by atoms with van der Waals surface area (Å²) in [4.78, 5) is 22.4. The molecule has 5 nitrogen and oxygen atoms in total. The number of hydrogen-bond acceptors (Lipinski definition) is 3. The van der Waals surface area contributed by atoms with Crippen LogP contribution in [-0.4, -0.2) is 34.2 Å². The van der Waals surface area contributed by atoms with Gasteiger partial charge in [-0.1, -0.05) is 45.4 Å². The van der Waals surface area contributed by atoms with Crippen LogP contribution in [0, 0.1) is 0 Å². The van der Waals surface area contributed by atoms with E-state index in [0.29, 0.717) is 6.54 Å². The van der Waals surface area contributed by atoms with E-state index in [1.165, 1.54) is 37.1 Å². The first-order valence-corrected chi connectivity index (χ1v) is 7.26. The van der Waals surface area contributed by atoms with Crippen LogP contribution in [0.3, 0.4) is 0 Å². The molecular formula is C14H24N2O3. The van der Waals surface area contributed by atoms with Gasteiger partial charge < -0.3 is 5.11 Å². The van der Waals surface area contributed by atoms with Crippen LogP contribution in [0.4, 0.5) is 0 Å². The van der Waals surface area contributed by atoms with Gasteiger partial charge in [-0.2, -0.15) is 5.10 Å². The summed E-state index contributed by atoms with van der Waals surface area (Å²) in [6.07, 6.45) is 8.72. The van der Waals surface area contributed by atoms with Crippen LogP contribution in [0.1, 0.15) is 64.7 Å². The van der Waals surface area contributed by atoms with Gasteiger partial charge in [0.15, 0.2) is 0 Å². The molecule has 0 aromatic heterocycles. The van der Waals surface area contributed by atoms with E-state index in [4.69, 9.17) is 5.11 Å². The fourth-order valence-electron chi connectivity index (χ4n) is 2.15. The average molecular weight is 268 g/mol. The molecule has 0 saturated heterocycles. The number of hydrazone groups is 1. The minimum Gasteiger partial charge on any atom is -0.477 e. The maximum atomic E-state index is 11.6. The normalized spacial score (nSPS) is 15.5. The lowest BCUT2D eigenvalue weighted by Crippen LogP contribution is -2.34. The van der Waals surface area contributed by atoms with Gasteiger partial charge in [-0.25, -0.2) is 9.80 Å². The largest absolute Gasteiger partial charge is 0.477 e. The van der Waals surface area contributed by atoms with E-state index in [9.17, 15) is 9.59 Å². The molecule has 0 saturated carbocycles. The second-order valence-corrected chi connectivity index (χ2v) is 4.99. The Hall–Kier alpha value is -1.39. The maximum Gasteiger partial charge on any atom is 0.352 e. The van der Waals surface area contributed by atoms with Crippen molar-refractivity contribution in [2.24, 2.45) is 5.10 Å². The molecule has 1 N–H and O–H groups in total. The molecule has 0 bridgehead atoms. The number of rotatable bonds is 9. The Kier molecular flexibility index (Phi) is 7.15. The Balaban J connectivity index is 2.22. The van der Waals surface area contributed by atoms with Crippen molar-refractivity contribution in [3.05, 3.63) is 0 Å². The number of unbranched alkanes of at least 4 members (excludes halogenated alkanes) is 6. The molecule has 0 aromatic carbocycles. The van der Waals surface area contributed by atoms with Gasteiger partial charge in [0, 0.05) is 19.4 Å². The molecule has 0 fully saturated rings. The minimum atomic E-state index is -1.02. The van der Waals surface area contributed by atoms with Crippen LogP contribution in [0.5, 0.6) is 0 Å². The highest BCUT2D eigenvalue weighted by molar-refractivity contribution is 6.36. The highest BCUT2D eigenvalue weighted by Crippen LogP contribution is 2.12. The van der Waals surface area contributed by atoms with Crippen molar-refractivity contribution in [2.45, 2.75) is 64.7 Å². The maximum absolute atomic E-state index is 11.6. The summed E-state index contributed by atoms with van der Waals surface area (Å²) in [5.41, 5.74) is 0.0996. The van der Waals surface area contributed by atoms with Gasteiger partial charge in [0.2, 0.25) is 5.91 Å². The van der Waals surface area contributed by atoms with Crippen molar-refractivity contribution in [1.29, 1.82) is 0 Å². The zero-order valence-corrected chi connectivity index (χ0v) is 11.7. The summed E-state index contributed by atoms with van der Waals surface area (Å²) < 4.78 is 0. The summed E-state index contributed by atoms with van der Waals surface area (Å²) in [7, 11) is 0. The number of aliphatic carboxylic acids is 1. The summed E-state index contributed by atoms with van der Waals surface area (Å²) in [6.45, 7) is 2.74. The Labute approximate surface area is 114 Å². The van der Waals surface area contributed by atoms with Crippen LogP contribution in [0.2, 0.25) is 0 Å². The summed E-state index contributed by atoms with van der Waals surface area (Å²) >= 11 is 0. The van der Waals surface area contributed by atoms with Gasteiger partial charge in [-0.15, -0.1) is 0 Å². The first-order chi connectivity index (χ1) is 9.15. The topological polar surface area (TPSA) is 70.0 Å². The van der Waals surface area contributed by atoms with Crippen LogP contribution >= 0.6 is 0 Å². The molecule has 1 aliphatic heterocycles. The van der Waals surface area contributed by atoms with Gasteiger partial charge in [0.1, 0.15) is 5.71 Å². The van der Waals surface area contributed by atoms with Crippen molar-refractivity contribution in [1.82, 2.24) is 5.01 Å². The van der Waals surface area contributed by atoms with Crippen molar-refractivity contribution in [3.8, 4) is 0 Å². The third-order valence-electron chi connectivity index (χ3n) is 3.33. The average Bonchev–Trinajstić information content (AvgIpc) is 2.39. The van der Waals surface area contributed by atoms with Crippen LogP contribution in [0.25, 0.3) is 0 Å². The van der Waals surface area contributed by atoms with Crippen LogP contribution < -0.4 is 0 Å². The molecule has 19 heavy (non-hydrogen) atoms. The van der Waals surface area contributed by atoms with E-state index >= 15 is 0 Å². The van der Waals surface area contributed by atoms with E-state index in [2.05, 4.69) is 12.0 Å². The van der Waals surface area contributed by atoms with Gasteiger partial charge in [-0.05, 0) is 6.42 Å². The van der Waals surface area contributed by atoms with Gasteiger partial charge in [0.25, 0.3) is 0 Å². The Morgan fingerprint density at radius 1 is 1.16 bits per heavy atom. The molecular weight excluding hydrogens is 244 g/mol. The van der Waals surface area contributed by atoms with Gasteiger partial charge >= 0.3 is 5.97 Å². The number of carbonyl (C=O) groups is 2. The highest BCUT2D eigenvalue weighted by Gasteiger charge is 2.23. The fourth-order valence-corrected chi connectivity index (χ4v) is 2.15. The van der Waals surface area contributed by atoms with Crippen molar-refractivity contribution in [3.63, 3.8) is 0 Å². The summed E-state index contributed by atoms with van der Waals surface area (Å²) in [5.74, 6) is -1.08. The van der Waals surface area contributed by atoms with Crippen LogP contribution in [-0.2, 0) is 9.59 Å². The van der Waals surface area contributed by atoms with Gasteiger partial charge in [-0.3, -0.25) is 4.79 Å². The van der Waals surface area contributed by atoms with Crippen molar-refractivity contribution < 1.29 is 14.7 Å². The number of carbonyl (C=O) groups excluding carboxylic acids is 1. The van der Waals surface area contributed by atoms with E-state index < -0.39 is 5.97 Å². The quantitative estimate of drug-likeness (QED) is 0.654. The van der Waals surface area contributed by atoms with E-state index in [0.717, 1.165) is 12.8 Å². The zero-order valence-electron chi connectivity index (χ0n) is 11.7. The summed E-state index contributed by atoms with van der Waals surface area (Å²) in [6, 6.07) is 0. The second kappa shape index (κ2) is 8.67. The number of carboxylic acid groups (broad SMARTS) is 1. The number of nitrogens with zero attached hydrogens (tertiary/aromatic N) is 2. The SMILES string of the molecule is CCCCCCCCCN1N=C(C(=O)O)CCC1=O. The number of carboxylic acids is 1. The van der Waals surface area contributed by atoms with Gasteiger partial charge in [0.05, 0.1) is 0 Å². The monoisotopic (exact) mass is 268 g/mol. The van der Waals surface area contributed by atoms with Crippen LogP contribution in [0.15, 0.2) is 5.10 Å². The minimum absolute atomic E-state index is 0.0593. The van der Waals surface area contributed by atoms with E-state index in [1.54, 1.807) is 0 Å². The molecule has 1 rings (SSSR count). The molecule has 0 atom stereocenters. The van der Waals surface area contributed by atoms with E-state index in [-0.39, 0.29) is 24.5 Å². The highest BCUT2D eigenvalue weighted by atomic mass is 16.4. The molecule has 0 aromatic rings. The lowest BCUT2D eigenvalue weighted by atomic mass is 10.1. The second-order valence-electron chi connectivity index (χ2n) is 4.99. The Morgan fingerprint density at radius 2 is 1.79 bits per heavy atom. The molecule has 1 amide bonds. The standard InChI is InChI=1S/C14H24N2O3/c1-2-3-4-5-6-7-8-11-16-13(17)10-9-12(15-16)14(18)19/h2-11H2,1H3,(H,18,19). The van der Waals surface area contributed by atoms with Crippen molar-refractivity contribution in [2.75, 3.05) is 6.54 Å². The lowest BCUT2D eigenvalue weighted by molar-refractivity contribution is -0.132. The Morgan fingerprint density at radius 3 is 2.42 bits per heavy atom. The number of hydrogen-bond donors (Lipinski definition) is 1. The molecule has 0 spiro atoms. The first-order valence-electron chi connectivity index (χ1n) is 7.26. The predicted octanol–water partition coefficient (Wildman–Crippen LogP) is 2.80. The fraction of sp³-hybridized carbons (Fsp3) is 0.786. The zero-order chi connectivity index (χ0) is 14.1. The molecule has 1 aliphatic rings. The molecule has 1 heterocycles. The molecule has 0 aliphatic carbocycles. The molecule has 0 unspecified atom stereocenters. The molecule has 5 heteroatoms. The summed E-state index contributed by atoms with van der Waals surface area (Å²) in [5, 5.41) is 14.1. The molecule has 108 valence electrons.